The summed E-state index contributed by atoms with van der Waals surface area (Å²) in [6, 6.07) is 0. The Morgan fingerprint density at radius 2 is 0.557 bits per heavy atom. The van der Waals surface area contributed by atoms with Gasteiger partial charge < -0.3 is 28.5 Å². The number of hydrogen-bond acceptors (Lipinski definition) is 7. The van der Waals surface area contributed by atoms with Crippen molar-refractivity contribution < 1.29 is 42.9 Å². The largest absolute Gasteiger partial charge is 0.477 e. The fraction of sp³-hybridized carbons (Fsp3) is 0.648. The summed E-state index contributed by atoms with van der Waals surface area (Å²) in [4.78, 5) is 37.7. The smallest absolute Gasteiger partial charge is 0.361 e. The van der Waals surface area contributed by atoms with Gasteiger partial charge in [0.25, 0.3) is 6.29 Å². The number of likely N-dealkylation sites (N-methyl/N-ethyl adjacent to an activating group) is 1. The van der Waals surface area contributed by atoms with E-state index >= 15 is 0 Å². The number of quaternary nitrogens is 1. The number of nitrogens with zero attached hydrogens (tertiary/aromatic N) is 1. The fourth-order valence-corrected chi connectivity index (χ4v) is 10.6. The van der Waals surface area contributed by atoms with E-state index in [9.17, 15) is 19.5 Å². The fourth-order valence-electron chi connectivity index (χ4n) is 10.6. The average Bonchev–Trinajstić information content (AvgIpc) is 3.27. The highest BCUT2D eigenvalue weighted by molar-refractivity contribution is 5.71. The van der Waals surface area contributed by atoms with Crippen molar-refractivity contribution in [2.75, 3.05) is 47.5 Å². The topological polar surface area (TPSA) is 108 Å². The number of esters is 2. The Balaban J connectivity index is 4.10. The van der Waals surface area contributed by atoms with E-state index in [2.05, 4.69) is 184 Å². The molecule has 0 aromatic heterocycles. The first kappa shape index (κ1) is 91.6. The number of allylic oxidation sites excluding steroid dienone is 28. The Morgan fingerprint density at radius 3 is 0.825 bits per heavy atom. The highest BCUT2D eigenvalue weighted by Crippen LogP contribution is 2.17. The third-order valence-corrected chi connectivity index (χ3v) is 16.5. The van der Waals surface area contributed by atoms with Gasteiger partial charge in [0, 0.05) is 12.8 Å². The van der Waals surface area contributed by atoms with E-state index in [4.69, 9.17) is 18.9 Å². The van der Waals surface area contributed by atoms with Crippen LogP contribution in [0.2, 0.25) is 0 Å². The number of carboxylic acids is 1. The molecule has 0 amide bonds. The molecular weight excluding hydrogens is 1200 g/mol. The van der Waals surface area contributed by atoms with Gasteiger partial charge in [-0.15, -0.1) is 0 Å². The summed E-state index contributed by atoms with van der Waals surface area (Å²) in [5.41, 5.74) is 0. The van der Waals surface area contributed by atoms with Gasteiger partial charge in [0.1, 0.15) is 13.2 Å². The van der Waals surface area contributed by atoms with Crippen molar-refractivity contribution in [2.24, 2.45) is 0 Å². The van der Waals surface area contributed by atoms with Gasteiger partial charge in [-0.05, 0) is 128 Å². The summed E-state index contributed by atoms with van der Waals surface area (Å²) >= 11 is 0. The lowest BCUT2D eigenvalue weighted by atomic mass is 10.0. The van der Waals surface area contributed by atoms with Gasteiger partial charge in [0.2, 0.25) is 0 Å². The normalized spacial score (nSPS) is 13.6. The maximum absolute atomic E-state index is 13.0. The number of carbonyl (C=O) groups excluding carboxylic acids is 2. The van der Waals surface area contributed by atoms with Crippen molar-refractivity contribution in [1.29, 1.82) is 0 Å². The van der Waals surface area contributed by atoms with Crippen LogP contribution >= 0.6 is 0 Å². The molecule has 0 aliphatic carbocycles. The van der Waals surface area contributed by atoms with Gasteiger partial charge in [-0.25, -0.2) is 4.79 Å². The second-order valence-electron chi connectivity index (χ2n) is 26.9. The average molecular weight is 1350 g/mol. The van der Waals surface area contributed by atoms with Crippen molar-refractivity contribution in [3.63, 3.8) is 0 Å². The van der Waals surface area contributed by atoms with Crippen molar-refractivity contribution in [1.82, 2.24) is 0 Å². The standard InChI is InChI=1S/C88H145NO8/c1-6-8-10-12-14-16-18-20-22-24-26-28-30-32-34-36-38-39-40-41-42-43-44-45-46-47-49-51-53-55-57-59-61-63-65-67-69-71-73-75-77-79-86(91)97-84(83-96-88(87(92)93)94-81-80-89(3,4)5)82-95-85(90)78-76-74-72-70-68-66-64-62-60-58-56-54-52-50-48-37-35-33-31-29-27-25-23-21-19-17-15-13-11-9-7-2/h8-11,14-17,20-23,26-29,32,34,38-39,41-42,44-45,47,49,53,55,84,88H,6-7,12-13,18-19,24-25,30-31,33,35-37,40,43,46,48,50-52,54,56-83H2,1-5H3/p+1/b10-8-,11-9-,16-14-,17-15-,22-20-,23-21-,28-26-,29-27-,34-32-,39-38-,42-41-,45-44-,49-47-,55-53-. The van der Waals surface area contributed by atoms with Crippen LogP contribution in [0.25, 0.3) is 0 Å². The Bertz CT molecular complexity index is 2210. The summed E-state index contributed by atoms with van der Waals surface area (Å²) in [5, 5.41) is 9.77. The second kappa shape index (κ2) is 76.4. The molecule has 0 aromatic carbocycles. The zero-order valence-corrected chi connectivity index (χ0v) is 62.9. The minimum absolute atomic E-state index is 0.181. The molecule has 0 spiro atoms. The molecule has 0 bridgehead atoms. The number of aliphatic carboxylic acids is 1. The van der Waals surface area contributed by atoms with E-state index in [0.717, 1.165) is 135 Å². The molecule has 0 saturated carbocycles. The molecule has 0 aliphatic heterocycles. The van der Waals surface area contributed by atoms with E-state index in [1.807, 2.05) is 21.1 Å². The molecule has 0 aromatic rings. The Hall–Kier alpha value is -5.35. The van der Waals surface area contributed by atoms with Crippen molar-refractivity contribution in [3.05, 3.63) is 170 Å². The molecule has 0 radical (unpaired) electrons. The molecule has 0 fully saturated rings. The van der Waals surface area contributed by atoms with Crippen LogP contribution in [0.4, 0.5) is 0 Å². The number of rotatable bonds is 71. The SMILES string of the molecule is CC/C=C\C/C=C\C/C=C\C/C=C\C/C=C\C/C=C\C/C=C\C/C=C\C/C=C\C/C=C\CCCCCCCCCCCCC(=O)OC(COC(=O)CCCCCCCCCCCCCCCCCCCC/C=C\C/C=C\C/C=C\C/C=C\CC)COC(OCC[N+](C)(C)C)C(=O)O. The predicted octanol–water partition coefficient (Wildman–Crippen LogP) is 25.4. The van der Waals surface area contributed by atoms with Gasteiger partial charge in [-0.3, -0.25) is 9.59 Å². The van der Waals surface area contributed by atoms with E-state index in [1.165, 1.54) is 141 Å². The molecule has 2 unspecified atom stereocenters. The number of hydrogen-bond donors (Lipinski definition) is 1. The summed E-state index contributed by atoms with van der Waals surface area (Å²) in [5.74, 6) is -2.01. The minimum atomic E-state index is -1.52. The Kier molecular flexibility index (Phi) is 72.2. The van der Waals surface area contributed by atoms with Crippen LogP contribution in [-0.2, 0) is 33.3 Å². The molecule has 0 aliphatic rings. The third kappa shape index (κ3) is 77.9. The van der Waals surface area contributed by atoms with Crippen LogP contribution < -0.4 is 0 Å². The molecule has 0 heterocycles. The highest BCUT2D eigenvalue weighted by Gasteiger charge is 2.25. The zero-order chi connectivity index (χ0) is 70.4. The third-order valence-electron chi connectivity index (χ3n) is 16.5. The number of unbranched alkanes of at least 4 members (excludes halogenated alkanes) is 28. The number of carboxylic acid groups (broad SMARTS) is 1. The quantitative estimate of drug-likeness (QED) is 0.0211. The Labute approximate surface area is 597 Å². The first-order valence-corrected chi connectivity index (χ1v) is 39.3. The predicted molar refractivity (Wildman–Crippen MR) is 419 cm³/mol. The van der Waals surface area contributed by atoms with Crippen molar-refractivity contribution in [3.8, 4) is 0 Å². The maximum atomic E-state index is 13.0. The molecular formula is C88H146NO8+. The summed E-state index contributed by atoms with van der Waals surface area (Å²) in [7, 11) is 5.98. The number of carbonyl (C=O) groups is 3. The van der Waals surface area contributed by atoms with E-state index in [-0.39, 0.29) is 32.2 Å². The first-order chi connectivity index (χ1) is 47.6. The molecule has 9 heteroatoms. The van der Waals surface area contributed by atoms with Gasteiger partial charge in [0.05, 0.1) is 34.4 Å². The van der Waals surface area contributed by atoms with Crippen molar-refractivity contribution in [2.45, 2.75) is 322 Å². The first-order valence-electron chi connectivity index (χ1n) is 39.3. The Morgan fingerprint density at radius 1 is 0.309 bits per heavy atom. The second-order valence-corrected chi connectivity index (χ2v) is 26.9. The van der Waals surface area contributed by atoms with Gasteiger partial charge in [-0.1, -0.05) is 338 Å². The summed E-state index contributed by atoms with van der Waals surface area (Å²) < 4.78 is 23.0. The molecule has 550 valence electrons. The molecule has 9 nitrogen and oxygen atoms in total. The lowest BCUT2D eigenvalue weighted by Crippen LogP contribution is -2.40. The molecule has 97 heavy (non-hydrogen) atoms. The lowest BCUT2D eigenvalue weighted by molar-refractivity contribution is -0.870. The summed E-state index contributed by atoms with van der Waals surface area (Å²) in [6.45, 7) is 4.66. The van der Waals surface area contributed by atoms with Crippen LogP contribution in [0.15, 0.2) is 170 Å². The van der Waals surface area contributed by atoms with Gasteiger partial charge in [-0.2, -0.15) is 0 Å². The highest BCUT2D eigenvalue weighted by atomic mass is 16.7. The van der Waals surface area contributed by atoms with Crippen molar-refractivity contribution >= 4 is 17.9 Å². The minimum Gasteiger partial charge on any atom is -0.477 e. The zero-order valence-electron chi connectivity index (χ0n) is 62.9. The molecule has 0 rings (SSSR count). The van der Waals surface area contributed by atoms with Crippen LogP contribution in [0.5, 0.6) is 0 Å². The monoisotopic (exact) mass is 1350 g/mol. The van der Waals surface area contributed by atoms with Crippen LogP contribution in [0.1, 0.15) is 309 Å². The maximum Gasteiger partial charge on any atom is 0.361 e. The molecule has 2 atom stereocenters. The van der Waals surface area contributed by atoms with Gasteiger partial charge in [0.15, 0.2) is 6.10 Å². The van der Waals surface area contributed by atoms with Crippen LogP contribution in [-0.4, -0.2) is 87.4 Å². The van der Waals surface area contributed by atoms with E-state index in [1.54, 1.807) is 0 Å². The molecule has 0 saturated heterocycles. The van der Waals surface area contributed by atoms with E-state index < -0.39 is 24.3 Å². The van der Waals surface area contributed by atoms with Crippen LogP contribution in [0.3, 0.4) is 0 Å². The summed E-state index contributed by atoms with van der Waals surface area (Å²) in [6.07, 6.45) is 112. The van der Waals surface area contributed by atoms with Crippen LogP contribution in [0, 0.1) is 0 Å². The van der Waals surface area contributed by atoms with E-state index in [0.29, 0.717) is 23.9 Å². The number of ether oxygens (including phenoxy) is 4. The lowest BCUT2D eigenvalue weighted by Gasteiger charge is -2.25. The molecule has 1 N–H and O–H groups in total. The van der Waals surface area contributed by atoms with Gasteiger partial charge >= 0.3 is 17.9 Å².